The summed E-state index contributed by atoms with van der Waals surface area (Å²) >= 11 is 0. The van der Waals surface area contributed by atoms with Gasteiger partial charge in [0.25, 0.3) is 0 Å². The zero-order valence-electron chi connectivity index (χ0n) is 11.1. The predicted molar refractivity (Wildman–Crippen MR) is 67.5 cm³/mol. The molecule has 0 aromatic heterocycles. The molecule has 0 radical (unpaired) electrons. The molecule has 0 saturated heterocycles. The summed E-state index contributed by atoms with van der Waals surface area (Å²) in [4.78, 5) is 24.5. The van der Waals surface area contributed by atoms with E-state index < -0.39 is 0 Å². The van der Waals surface area contributed by atoms with Gasteiger partial charge in [-0.1, -0.05) is 19.9 Å². The van der Waals surface area contributed by atoms with Crippen LogP contribution in [0.3, 0.4) is 0 Å². The average molecular weight is 241 g/mol. The van der Waals surface area contributed by atoms with Crippen LogP contribution < -0.4 is 0 Å². The summed E-state index contributed by atoms with van der Waals surface area (Å²) < 4.78 is 5.02. The minimum absolute atomic E-state index is 0.110. The van der Waals surface area contributed by atoms with Crippen LogP contribution in [0.4, 0.5) is 0 Å². The van der Waals surface area contributed by atoms with Gasteiger partial charge in [0.15, 0.2) is 0 Å². The van der Waals surface area contributed by atoms with Gasteiger partial charge in [-0.05, 0) is 26.3 Å². The Morgan fingerprint density at radius 2 is 2.00 bits per heavy atom. The number of ether oxygens (including phenoxy) is 1. The fraction of sp³-hybridized carbons (Fsp3) is 0.692. The predicted octanol–water partition coefficient (Wildman–Crippen LogP) is 2.14. The molecule has 0 aromatic rings. The normalized spacial score (nSPS) is 10.1. The lowest BCUT2D eigenvalue weighted by Gasteiger charge is -2.20. The van der Waals surface area contributed by atoms with Crippen LogP contribution in [0.25, 0.3) is 0 Å². The third-order valence-corrected chi connectivity index (χ3v) is 2.22. The van der Waals surface area contributed by atoms with E-state index in [1.54, 1.807) is 4.90 Å². The summed E-state index contributed by atoms with van der Waals surface area (Å²) in [7, 11) is 0. The minimum Gasteiger partial charge on any atom is -0.463 e. The van der Waals surface area contributed by atoms with E-state index in [-0.39, 0.29) is 24.4 Å². The van der Waals surface area contributed by atoms with Crippen LogP contribution in [0.2, 0.25) is 0 Å². The highest BCUT2D eigenvalue weighted by molar-refractivity contribution is 5.87. The molecule has 0 spiro atoms. The van der Waals surface area contributed by atoms with Gasteiger partial charge in [-0.15, -0.1) is 0 Å². The Kier molecular flexibility index (Phi) is 8.11. The first-order chi connectivity index (χ1) is 8.01. The lowest BCUT2D eigenvalue weighted by Crippen LogP contribution is -2.33. The maximum atomic E-state index is 11.5. The molecular weight excluding hydrogens is 218 g/mol. The molecule has 4 heteroatoms. The van der Waals surface area contributed by atoms with Gasteiger partial charge >= 0.3 is 5.97 Å². The number of hydrogen-bond donors (Lipinski definition) is 0. The Bertz CT molecular complexity index is 261. The van der Waals surface area contributed by atoms with E-state index in [9.17, 15) is 9.59 Å². The van der Waals surface area contributed by atoms with Crippen LogP contribution in [0.5, 0.6) is 0 Å². The first-order valence-electron chi connectivity index (χ1n) is 6.12. The fourth-order valence-electron chi connectivity index (χ4n) is 1.36. The zero-order chi connectivity index (χ0) is 13.3. The van der Waals surface area contributed by atoms with E-state index in [2.05, 4.69) is 13.5 Å². The van der Waals surface area contributed by atoms with Gasteiger partial charge in [0.05, 0.1) is 12.5 Å². The molecule has 0 aliphatic carbocycles. The molecule has 0 bridgehead atoms. The van der Waals surface area contributed by atoms with Crippen molar-refractivity contribution in [3.05, 3.63) is 12.7 Å². The van der Waals surface area contributed by atoms with Gasteiger partial charge in [0.1, 0.15) is 0 Å². The summed E-state index contributed by atoms with van der Waals surface area (Å²) in [5.74, 6) is -0.394. The summed E-state index contributed by atoms with van der Waals surface area (Å²) in [6, 6.07) is 0. The molecule has 0 saturated carbocycles. The summed E-state index contributed by atoms with van der Waals surface area (Å²) in [6.07, 6.45) is 3.35. The Labute approximate surface area is 104 Å². The number of esters is 1. The second-order valence-corrected chi connectivity index (χ2v) is 4.17. The van der Waals surface area contributed by atoms with E-state index in [4.69, 9.17) is 4.74 Å². The molecule has 1 amide bonds. The maximum Gasteiger partial charge on any atom is 0.307 e. The average Bonchev–Trinajstić information content (AvgIpc) is 2.27. The molecular formula is C13H23NO3. The largest absolute Gasteiger partial charge is 0.463 e. The van der Waals surface area contributed by atoms with Gasteiger partial charge in [0, 0.05) is 13.1 Å². The quantitative estimate of drug-likeness (QED) is 0.483. The standard InChI is InChI=1S/C13H23NO3/c1-5-7-9-14(12(15)6-2)10-8-13(16)17-11(3)4/h6,11H,2,5,7-10H2,1,3-4H3. The highest BCUT2D eigenvalue weighted by atomic mass is 16.5. The van der Waals surface area contributed by atoms with Crippen molar-refractivity contribution in [3.63, 3.8) is 0 Å². The number of nitrogens with zero attached hydrogens (tertiary/aromatic N) is 1. The van der Waals surface area contributed by atoms with E-state index >= 15 is 0 Å². The van der Waals surface area contributed by atoms with Crippen LogP contribution in [-0.4, -0.2) is 36.0 Å². The SMILES string of the molecule is C=CC(=O)N(CCCC)CCC(=O)OC(C)C. The van der Waals surface area contributed by atoms with Crippen molar-refractivity contribution in [2.45, 2.75) is 46.1 Å². The molecule has 0 heterocycles. The number of carbonyl (C=O) groups is 2. The highest BCUT2D eigenvalue weighted by Gasteiger charge is 2.13. The molecule has 0 unspecified atom stereocenters. The number of unbranched alkanes of at least 4 members (excludes halogenated alkanes) is 1. The Balaban J connectivity index is 4.10. The molecule has 0 atom stereocenters. The van der Waals surface area contributed by atoms with Crippen molar-refractivity contribution in [2.24, 2.45) is 0 Å². The molecule has 4 nitrogen and oxygen atoms in total. The summed E-state index contributed by atoms with van der Waals surface area (Å²) in [5.41, 5.74) is 0. The van der Waals surface area contributed by atoms with Gasteiger partial charge in [-0.2, -0.15) is 0 Å². The van der Waals surface area contributed by atoms with Crippen molar-refractivity contribution in [2.75, 3.05) is 13.1 Å². The second-order valence-electron chi connectivity index (χ2n) is 4.17. The van der Waals surface area contributed by atoms with Crippen molar-refractivity contribution in [1.29, 1.82) is 0 Å². The number of rotatable bonds is 8. The number of amides is 1. The summed E-state index contributed by atoms with van der Waals surface area (Å²) in [6.45, 7) is 10.2. The molecule has 0 N–H and O–H groups in total. The molecule has 0 aliphatic rings. The zero-order valence-corrected chi connectivity index (χ0v) is 11.1. The number of hydrogen-bond acceptors (Lipinski definition) is 3. The Morgan fingerprint density at radius 1 is 1.35 bits per heavy atom. The molecule has 17 heavy (non-hydrogen) atoms. The van der Waals surface area contributed by atoms with Crippen LogP contribution in [-0.2, 0) is 14.3 Å². The fourth-order valence-corrected chi connectivity index (χ4v) is 1.36. The van der Waals surface area contributed by atoms with Gasteiger partial charge in [0.2, 0.25) is 5.91 Å². The van der Waals surface area contributed by atoms with Crippen molar-refractivity contribution in [3.8, 4) is 0 Å². The monoisotopic (exact) mass is 241 g/mol. The van der Waals surface area contributed by atoms with Crippen molar-refractivity contribution >= 4 is 11.9 Å². The first kappa shape index (κ1) is 15.7. The lowest BCUT2D eigenvalue weighted by atomic mass is 10.3. The van der Waals surface area contributed by atoms with E-state index in [1.807, 2.05) is 13.8 Å². The highest BCUT2D eigenvalue weighted by Crippen LogP contribution is 2.01. The smallest absolute Gasteiger partial charge is 0.307 e. The van der Waals surface area contributed by atoms with Crippen molar-refractivity contribution in [1.82, 2.24) is 4.90 Å². The topological polar surface area (TPSA) is 46.6 Å². The first-order valence-corrected chi connectivity index (χ1v) is 6.12. The van der Waals surface area contributed by atoms with Gasteiger partial charge in [-0.3, -0.25) is 9.59 Å². The molecule has 0 aliphatic heterocycles. The third kappa shape index (κ3) is 7.55. The van der Waals surface area contributed by atoms with Crippen molar-refractivity contribution < 1.29 is 14.3 Å². The Hall–Kier alpha value is -1.32. The molecule has 0 fully saturated rings. The Morgan fingerprint density at radius 3 is 2.47 bits per heavy atom. The van der Waals surface area contributed by atoms with Gasteiger partial charge < -0.3 is 9.64 Å². The van der Waals surface area contributed by atoms with E-state index in [0.29, 0.717) is 13.1 Å². The molecule has 98 valence electrons. The van der Waals surface area contributed by atoms with E-state index in [0.717, 1.165) is 12.8 Å². The van der Waals surface area contributed by atoms with Crippen LogP contribution >= 0.6 is 0 Å². The van der Waals surface area contributed by atoms with Gasteiger partial charge in [-0.25, -0.2) is 0 Å². The second kappa shape index (κ2) is 8.79. The van der Waals surface area contributed by atoms with Crippen LogP contribution in [0.1, 0.15) is 40.0 Å². The maximum absolute atomic E-state index is 11.5. The van der Waals surface area contributed by atoms with Crippen LogP contribution in [0, 0.1) is 0 Å². The van der Waals surface area contributed by atoms with Crippen LogP contribution in [0.15, 0.2) is 12.7 Å². The lowest BCUT2D eigenvalue weighted by molar-refractivity contribution is -0.148. The molecule has 0 aromatic carbocycles. The summed E-state index contributed by atoms with van der Waals surface area (Å²) in [5, 5.41) is 0. The third-order valence-electron chi connectivity index (χ3n) is 2.22. The van der Waals surface area contributed by atoms with E-state index in [1.165, 1.54) is 6.08 Å². The number of carbonyl (C=O) groups excluding carboxylic acids is 2. The molecule has 0 rings (SSSR count). The minimum atomic E-state index is -0.265.